The van der Waals surface area contributed by atoms with E-state index < -0.39 is 21.7 Å². The van der Waals surface area contributed by atoms with E-state index in [0.29, 0.717) is 15.9 Å². The molecular weight excluding hydrogens is 400 g/mol. The zero-order chi connectivity index (χ0) is 18.9. The number of halogens is 1. The number of thioether (sulfide) groups is 1. The quantitative estimate of drug-likeness (QED) is 0.784. The second kappa shape index (κ2) is 7.58. The fraction of sp³-hybridized carbons (Fsp3) is 0.438. The van der Waals surface area contributed by atoms with Gasteiger partial charge in [-0.2, -0.15) is 4.99 Å². The molecule has 3 rings (SSSR count). The number of aliphatic imine (C=N–C) groups is 1. The number of nitrogens with zero attached hydrogens (tertiary/aromatic N) is 2. The number of hydrogen-bond acceptors (Lipinski definition) is 5. The first kappa shape index (κ1) is 19.2. The monoisotopic (exact) mass is 416 g/mol. The summed E-state index contributed by atoms with van der Waals surface area (Å²) >= 11 is 7.34. The van der Waals surface area contributed by atoms with E-state index in [9.17, 15) is 18.0 Å². The number of anilines is 1. The molecular formula is C16H17ClN2O5S2. The number of carboxylic acid groups (broad SMARTS) is 1. The molecule has 2 fully saturated rings. The van der Waals surface area contributed by atoms with Crippen molar-refractivity contribution in [3.8, 4) is 0 Å². The number of aliphatic carboxylic acids is 1. The Labute approximate surface area is 160 Å². The fourth-order valence-corrected chi connectivity index (χ4v) is 7.16. The van der Waals surface area contributed by atoms with Crippen LogP contribution in [0, 0.1) is 0 Å². The molecule has 0 aromatic heterocycles. The first-order valence-electron chi connectivity index (χ1n) is 8.00. The number of carboxylic acids is 1. The first-order chi connectivity index (χ1) is 12.2. The van der Waals surface area contributed by atoms with Crippen molar-refractivity contribution in [2.45, 2.75) is 30.6 Å². The molecule has 1 aromatic carbocycles. The van der Waals surface area contributed by atoms with Crippen LogP contribution < -0.4 is 4.90 Å². The highest BCUT2D eigenvalue weighted by Crippen LogP contribution is 2.41. The molecule has 1 aromatic rings. The summed E-state index contributed by atoms with van der Waals surface area (Å²) in [5, 5.41) is 9.41. The average Bonchev–Trinajstić information content (AvgIpc) is 2.97. The van der Waals surface area contributed by atoms with E-state index in [1.54, 1.807) is 29.2 Å². The SMILES string of the molecule is O=C(O)CCCC(=O)N=C1S[C@@H]2CS(=O)(=O)C[C@H]2N1c1cccc(Cl)c1. The number of sulfone groups is 1. The van der Waals surface area contributed by atoms with Gasteiger partial charge in [0.15, 0.2) is 15.0 Å². The molecule has 0 unspecified atom stereocenters. The third-order valence-electron chi connectivity index (χ3n) is 4.15. The van der Waals surface area contributed by atoms with Crippen molar-refractivity contribution in [2.75, 3.05) is 16.4 Å². The third kappa shape index (κ3) is 4.39. The minimum atomic E-state index is -3.13. The maximum atomic E-state index is 12.1. The molecule has 2 heterocycles. The van der Waals surface area contributed by atoms with E-state index in [4.69, 9.17) is 16.7 Å². The summed E-state index contributed by atoms with van der Waals surface area (Å²) in [6, 6.07) is 6.68. The Morgan fingerprint density at radius 1 is 1.31 bits per heavy atom. The number of rotatable bonds is 5. The van der Waals surface area contributed by atoms with Gasteiger partial charge in [0.25, 0.3) is 0 Å². The predicted octanol–water partition coefficient (Wildman–Crippen LogP) is 2.20. The topological polar surface area (TPSA) is 104 Å². The van der Waals surface area contributed by atoms with E-state index in [1.807, 2.05) is 0 Å². The highest BCUT2D eigenvalue weighted by molar-refractivity contribution is 8.16. The summed E-state index contributed by atoms with van der Waals surface area (Å²) < 4.78 is 24.0. The lowest BCUT2D eigenvalue weighted by atomic mass is 10.2. The molecule has 1 N–H and O–H groups in total. The van der Waals surface area contributed by atoms with Crippen molar-refractivity contribution >= 4 is 55.9 Å². The van der Waals surface area contributed by atoms with Crippen molar-refractivity contribution in [2.24, 2.45) is 4.99 Å². The molecule has 140 valence electrons. The number of carbonyl (C=O) groups excluding carboxylic acids is 1. The molecule has 2 saturated heterocycles. The lowest BCUT2D eigenvalue weighted by Gasteiger charge is -2.24. The zero-order valence-corrected chi connectivity index (χ0v) is 16.1. The van der Waals surface area contributed by atoms with Crippen LogP contribution in [0.2, 0.25) is 5.02 Å². The first-order valence-corrected chi connectivity index (χ1v) is 11.1. The van der Waals surface area contributed by atoms with Gasteiger partial charge in [-0.3, -0.25) is 9.59 Å². The second-order valence-electron chi connectivity index (χ2n) is 6.19. The molecule has 0 radical (unpaired) electrons. The fourth-order valence-electron chi connectivity index (χ4n) is 3.05. The van der Waals surface area contributed by atoms with Gasteiger partial charge in [-0.25, -0.2) is 8.42 Å². The normalized spacial score (nSPS) is 25.4. The summed E-state index contributed by atoms with van der Waals surface area (Å²) in [5.74, 6) is -1.32. The van der Waals surface area contributed by atoms with Gasteiger partial charge < -0.3 is 10.0 Å². The Morgan fingerprint density at radius 2 is 2.08 bits per heavy atom. The lowest BCUT2D eigenvalue weighted by Crippen LogP contribution is -2.37. The Hall–Kier alpha value is -1.58. The van der Waals surface area contributed by atoms with E-state index in [1.165, 1.54) is 11.8 Å². The van der Waals surface area contributed by atoms with Gasteiger partial charge in [-0.15, -0.1) is 0 Å². The molecule has 7 nitrogen and oxygen atoms in total. The minimum Gasteiger partial charge on any atom is -0.481 e. The summed E-state index contributed by atoms with van der Waals surface area (Å²) in [7, 11) is -3.13. The van der Waals surface area contributed by atoms with Gasteiger partial charge in [0.1, 0.15) is 0 Å². The van der Waals surface area contributed by atoms with E-state index in [0.717, 1.165) is 0 Å². The van der Waals surface area contributed by atoms with Crippen molar-refractivity contribution in [1.29, 1.82) is 0 Å². The van der Waals surface area contributed by atoms with E-state index in [-0.39, 0.29) is 42.1 Å². The van der Waals surface area contributed by atoms with Crippen molar-refractivity contribution in [3.63, 3.8) is 0 Å². The zero-order valence-electron chi connectivity index (χ0n) is 13.7. The highest BCUT2D eigenvalue weighted by Gasteiger charge is 2.49. The summed E-state index contributed by atoms with van der Waals surface area (Å²) in [6.45, 7) is 0. The van der Waals surface area contributed by atoms with Gasteiger partial charge >= 0.3 is 5.97 Å². The number of fused-ring (bicyclic) bond motifs is 1. The van der Waals surface area contributed by atoms with Gasteiger partial charge in [-0.05, 0) is 24.6 Å². The van der Waals surface area contributed by atoms with Crippen LogP contribution in [-0.4, -0.2) is 53.4 Å². The van der Waals surface area contributed by atoms with Crippen LogP contribution in [0.5, 0.6) is 0 Å². The highest BCUT2D eigenvalue weighted by atomic mass is 35.5. The number of amides is 1. The molecule has 0 saturated carbocycles. The maximum absolute atomic E-state index is 12.1. The minimum absolute atomic E-state index is 0.00338. The van der Waals surface area contributed by atoms with Crippen LogP contribution in [0.15, 0.2) is 29.3 Å². The number of benzene rings is 1. The van der Waals surface area contributed by atoms with Crippen LogP contribution in [0.4, 0.5) is 5.69 Å². The Morgan fingerprint density at radius 3 is 2.77 bits per heavy atom. The molecule has 2 aliphatic heterocycles. The number of hydrogen-bond donors (Lipinski definition) is 1. The van der Waals surface area contributed by atoms with Crippen LogP contribution in [0.25, 0.3) is 0 Å². The molecule has 2 atom stereocenters. The largest absolute Gasteiger partial charge is 0.481 e. The molecule has 2 aliphatic rings. The predicted molar refractivity (Wildman–Crippen MR) is 102 cm³/mol. The number of carbonyl (C=O) groups is 2. The summed E-state index contributed by atoms with van der Waals surface area (Å²) in [4.78, 5) is 28.6. The molecule has 26 heavy (non-hydrogen) atoms. The van der Waals surface area contributed by atoms with Crippen LogP contribution in [0.1, 0.15) is 19.3 Å². The van der Waals surface area contributed by atoms with Crippen LogP contribution in [0.3, 0.4) is 0 Å². The molecule has 0 aliphatic carbocycles. The van der Waals surface area contributed by atoms with Crippen molar-refractivity contribution < 1.29 is 23.1 Å². The van der Waals surface area contributed by atoms with Crippen molar-refractivity contribution in [3.05, 3.63) is 29.3 Å². The van der Waals surface area contributed by atoms with E-state index in [2.05, 4.69) is 4.99 Å². The van der Waals surface area contributed by atoms with E-state index >= 15 is 0 Å². The number of amidine groups is 1. The Kier molecular flexibility index (Phi) is 5.59. The molecule has 10 heteroatoms. The van der Waals surface area contributed by atoms with Crippen LogP contribution >= 0.6 is 23.4 Å². The average molecular weight is 417 g/mol. The summed E-state index contributed by atoms with van der Waals surface area (Å²) in [6.07, 6.45) is 0.159. The van der Waals surface area contributed by atoms with Gasteiger partial charge in [0, 0.05) is 28.8 Å². The molecule has 0 bridgehead atoms. The standard InChI is InChI=1S/C16H17ClN2O5S2/c17-10-3-1-4-11(7-10)19-12-8-26(23,24)9-13(12)25-16(19)18-14(20)5-2-6-15(21)22/h1,3-4,7,12-13H,2,5-6,8-9H2,(H,21,22)/t12-,13-/m1/s1. The summed E-state index contributed by atoms with van der Waals surface area (Å²) in [5.41, 5.74) is 0.687. The Balaban J connectivity index is 1.85. The van der Waals surface area contributed by atoms with Gasteiger partial charge in [0.05, 0.1) is 17.5 Å². The third-order valence-corrected chi connectivity index (χ3v) is 7.60. The second-order valence-corrected chi connectivity index (χ2v) is 9.98. The van der Waals surface area contributed by atoms with Gasteiger partial charge in [-0.1, -0.05) is 29.4 Å². The van der Waals surface area contributed by atoms with Crippen LogP contribution in [-0.2, 0) is 19.4 Å². The molecule has 0 spiro atoms. The molecule has 1 amide bonds. The van der Waals surface area contributed by atoms with Gasteiger partial charge in [0.2, 0.25) is 5.91 Å². The Bertz CT molecular complexity index is 871. The lowest BCUT2D eigenvalue weighted by molar-refractivity contribution is -0.137. The smallest absolute Gasteiger partial charge is 0.303 e. The van der Waals surface area contributed by atoms with Crippen molar-refractivity contribution in [1.82, 2.24) is 0 Å². The maximum Gasteiger partial charge on any atom is 0.303 e.